The van der Waals surface area contributed by atoms with Crippen molar-refractivity contribution < 1.29 is 4.74 Å². The van der Waals surface area contributed by atoms with Crippen molar-refractivity contribution in [1.82, 2.24) is 0 Å². The molecule has 1 aliphatic carbocycles. The van der Waals surface area contributed by atoms with Gasteiger partial charge in [-0.05, 0) is 49.4 Å². The summed E-state index contributed by atoms with van der Waals surface area (Å²) in [7, 11) is 0. The fourth-order valence-electron chi connectivity index (χ4n) is 2.18. The second-order valence-electron chi connectivity index (χ2n) is 4.30. The molecular weight excluding hydrogens is 287 g/mol. The van der Waals surface area contributed by atoms with Crippen molar-refractivity contribution >= 4 is 27.5 Å². The number of benzene rings is 1. The van der Waals surface area contributed by atoms with Gasteiger partial charge < -0.3 is 4.74 Å². The van der Waals surface area contributed by atoms with Crippen LogP contribution in [0.5, 0.6) is 5.75 Å². The topological polar surface area (TPSA) is 9.23 Å². The molecule has 1 aromatic carbocycles. The number of hydrogen-bond donors (Lipinski definition) is 0. The monoisotopic (exact) mass is 302 g/mol. The van der Waals surface area contributed by atoms with Crippen LogP contribution in [-0.4, -0.2) is 12.0 Å². The summed E-state index contributed by atoms with van der Waals surface area (Å²) in [4.78, 5) is 0. The molecule has 1 nitrogen and oxygen atoms in total. The van der Waals surface area contributed by atoms with Crippen LogP contribution < -0.4 is 4.74 Å². The molecule has 0 aromatic heterocycles. The largest absolute Gasteiger partial charge is 0.494 e. The number of rotatable bonds is 4. The van der Waals surface area contributed by atoms with E-state index < -0.39 is 0 Å². The van der Waals surface area contributed by atoms with Gasteiger partial charge >= 0.3 is 0 Å². The standard InChI is InChI=1S/C13H16BrClO/c14-11-4-6-12(7-5-11)16-9-8-10-2-1-3-13(10)15/h4-7,10,13H,1-3,8-9H2. The SMILES string of the molecule is ClC1CCCC1CCOc1ccc(Br)cc1. The average molecular weight is 304 g/mol. The van der Waals surface area contributed by atoms with Crippen molar-refractivity contribution in [3.63, 3.8) is 0 Å². The molecule has 1 saturated carbocycles. The number of hydrogen-bond acceptors (Lipinski definition) is 1. The zero-order valence-corrected chi connectivity index (χ0v) is 11.5. The minimum atomic E-state index is 0.369. The Labute approximate surface area is 110 Å². The third-order valence-electron chi connectivity index (χ3n) is 3.14. The molecule has 0 bridgehead atoms. The van der Waals surface area contributed by atoms with E-state index in [-0.39, 0.29) is 0 Å². The van der Waals surface area contributed by atoms with Gasteiger partial charge in [0, 0.05) is 9.85 Å². The molecule has 0 N–H and O–H groups in total. The molecule has 2 unspecified atom stereocenters. The summed E-state index contributed by atoms with van der Waals surface area (Å²) in [6.45, 7) is 0.773. The highest BCUT2D eigenvalue weighted by Gasteiger charge is 2.24. The van der Waals surface area contributed by atoms with Gasteiger partial charge in [-0.1, -0.05) is 22.4 Å². The van der Waals surface area contributed by atoms with Crippen LogP contribution in [0.2, 0.25) is 0 Å². The Hall–Kier alpha value is -0.210. The van der Waals surface area contributed by atoms with Crippen molar-refractivity contribution in [2.24, 2.45) is 5.92 Å². The lowest BCUT2D eigenvalue weighted by Gasteiger charge is -2.13. The van der Waals surface area contributed by atoms with E-state index in [4.69, 9.17) is 16.3 Å². The average Bonchev–Trinajstić information content (AvgIpc) is 2.68. The van der Waals surface area contributed by atoms with Gasteiger partial charge in [-0.25, -0.2) is 0 Å². The third-order valence-corrected chi connectivity index (χ3v) is 4.24. The lowest BCUT2D eigenvalue weighted by Crippen LogP contribution is -2.11. The van der Waals surface area contributed by atoms with Crippen LogP contribution >= 0.6 is 27.5 Å². The van der Waals surface area contributed by atoms with Gasteiger partial charge in [-0.2, -0.15) is 0 Å². The quantitative estimate of drug-likeness (QED) is 0.737. The fourth-order valence-corrected chi connectivity index (χ4v) is 2.85. The van der Waals surface area contributed by atoms with Crippen LogP contribution in [0.15, 0.2) is 28.7 Å². The molecule has 3 heteroatoms. The van der Waals surface area contributed by atoms with E-state index >= 15 is 0 Å². The Morgan fingerprint density at radius 3 is 2.62 bits per heavy atom. The zero-order chi connectivity index (χ0) is 11.4. The molecule has 0 radical (unpaired) electrons. The maximum Gasteiger partial charge on any atom is 0.119 e. The van der Waals surface area contributed by atoms with Gasteiger partial charge in [-0.3, -0.25) is 0 Å². The number of ether oxygens (including phenoxy) is 1. The minimum absolute atomic E-state index is 0.369. The fraction of sp³-hybridized carbons (Fsp3) is 0.538. The molecule has 0 heterocycles. The van der Waals surface area contributed by atoms with Crippen LogP contribution in [0.1, 0.15) is 25.7 Å². The first-order chi connectivity index (χ1) is 7.75. The molecule has 0 aliphatic heterocycles. The van der Waals surface area contributed by atoms with Crippen molar-refractivity contribution in [1.29, 1.82) is 0 Å². The van der Waals surface area contributed by atoms with Crippen LogP contribution in [0.25, 0.3) is 0 Å². The summed E-state index contributed by atoms with van der Waals surface area (Å²) in [5.74, 6) is 1.59. The highest BCUT2D eigenvalue weighted by Crippen LogP contribution is 2.32. The van der Waals surface area contributed by atoms with Crippen LogP contribution in [0, 0.1) is 5.92 Å². The van der Waals surface area contributed by atoms with Crippen LogP contribution in [0.3, 0.4) is 0 Å². The lowest BCUT2D eigenvalue weighted by atomic mass is 10.0. The molecule has 1 aromatic rings. The second kappa shape index (κ2) is 5.92. The first-order valence-electron chi connectivity index (χ1n) is 5.78. The number of alkyl halides is 1. The zero-order valence-electron chi connectivity index (χ0n) is 9.16. The maximum atomic E-state index is 6.22. The molecule has 2 atom stereocenters. The molecule has 2 rings (SSSR count). The molecule has 0 spiro atoms. The predicted octanol–water partition coefficient (Wildman–Crippen LogP) is 4.63. The molecule has 0 saturated heterocycles. The van der Waals surface area contributed by atoms with Gasteiger partial charge in [0.15, 0.2) is 0 Å². The van der Waals surface area contributed by atoms with E-state index in [0.29, 0.717) is 11.3 Å². The van der Waals surface area contributed by atoms with E-state index in [0.717, 1.165) is 23.2 Å². The van der Waals surface area contributed by atoms with Crippen LogP contribution in [0.4, 0.5) is 0 Å². The van der Waals surface area contributed by atoms with Crippen molar-refractivity contribution in [2.45, 2.75) is 31.1 Å². The Balaban J connectivity index is 1.73. The lowest BCUT2D eigenvalue weighted by molar-refractivity contribution is 0.280. The summed E-state index contributed by atoms with van der Waals surface area (Å²) in [5.41, 5.74) is 0. The van der Waals surface area contributed by atoms with Crippen molar-refractivity contribution in [3.8, 4) is 5.75 Å². The molecule has 0 amide bonds. The Morgan fingerprint density at radius 2 is 2.00 bits per heavy atom. The molecule has 1 fully saturated rings. The highest BCUT2D eigenvalue weighted by atomic mass is 79.9. The second-order valence-corrected chi connectivity index (χ2v) is 5.77. The van der Waals surface area contributed by atoms with E-state index in [1.165, 1.54) is 19.3 Å². The van der Waals surface area contributed by atoms with E-state index in [1.54, 1.807) is 0 Å². The molecular formula is C13H16BrClO. The normalized spacial score (nSPS) is 24.6. The Kier molecular flexibility index (Phi) is 4.54. The summed E-state index contributed by atoms with van der Waals surface area (Å²) < 4.78 is 6.77. The minimum Gasteiger partial charge on any atom is -0.494 e. The smallest absolute Gasteiger partial charge is 0.119 e. The Bertz CT molecular complexity index is 325. The number of halogens is 2. The van der Waals surface area contributed by atoms with E-state index in [9.17, 15) is 0 Å². The molecule has 16 heavy (non-hydrogen) atoms. The van der Waals surface area contributed by atoms with Crippen LogP contribution in [-0.2, 0) is 0 Å². The third kappa shape index (κ3) is 3.39. The summed E-state index contributed by atoms with van der Waals surface area (Å²) in [6.07, 6.45) is 4.78. The van der Waals surface area contributed by atoms with Gasteiger partial charge in [-0.15, -0.1) is 11.6 Å². The molecule has 88 valence electrons. The van der Waals surface area contributed by atoms with Gasteiger partial charge in [0.25, 0.3) is 0 Å². The van der Waals surface area contributed by atoms with E-state index in [1.807, 2.05) is 24.3 Å². The predicted molar refractivity (Wildman–Crippen MR) is 71.2 cm³/mol. The Morgan fingerprint density at radius 1 is 1.25 bits per heavy atom. The van der Waals surface area contributed by atoms with Crippen molar-refractivity contribution in [2.75, 3.05) is 6.61 Å². The first kappa shape index (κ1) is 12.3. The maximum absolute atomic E-state index is 6.22. The van der Waals surface area contributed by atoms with Gasteiger partial charge in [0.05, 0.1) is 6.61 Å². The van der Waals surface area contributed by atoms with Crippen molar-refractivity contribution in [3.05, 3.63) is 28.7 Å². The summed E-state index contributed by atoms with van der Waals surface area (Å²) in [5, 5.41) is 0.369. The highest BCUT2D eigenvalue weighted by molar-refractivity contribution is 9.10. The summed E-state index contributed by atoms with van der Waals surface area (Å²) in [6, 6.07) is 7.96. The first-order valence-corrected chi connectivity index (χ1v) is 7.01. The van der Waals surface area contributed by atoms with E-state index in [2.05, 4.69) is 15.9 Å². The summed E-state index contributed by atoms with van der Waals surface area (Å²) >= 11 is 9.62. The van der Waals surface area contributed by atoms with Gasteiger partial charge in [0.2, 0.25) is 0 Å². The van der Waals surface area contributed by atoms with Gasteiger partial charge in [0.1, 0.15) is 5.75 Å². The molecule has 1 aliphatic rings.